The summed E-state index contributed by atoms with van der Waals surface area (Å²) in [6.07, 6.45) is 7.10. The molecule has 0 radical (unpaired) electrons. The van der Waals surface area contributed by atoms with Crippen molar-refractivity contribution in [1.82, 2.24) is 0 Å². The maximum absolute atomic E-state index is 12.2. The van der Waals surface area contributed by atoms with E-state index in [1.54, 1.807) is 42.5 Å². The van der Waals surface area contributed by atoms with E-state index in [0.717, 1.165) is 23.3 Å². The zero-order valence-electron chi connectivity index (χ0n) is 28.3. The standard InChI is InChI=1S/C36H28N6O9S.Na/c1-50-35-15-20(21-4-10-32(36(16-21)51-2)42-40-30-12-6-23(44)18-34(30)46)3-9-31(35)41-37-27-13-14-28(38-39-29-11-5-22(43)17-33(29)45)26-19-24(52(47,48)49)7-8-25(26)27;/h3-19,38,42-43,46H,1-2H3,(H,47,48,49);/q;+1/p-1. The summed E-state index contributed by atoms with van der Waals surface area (Å²) in [6, 6.07) is 17.7. The van der Waals surface area contributed by atoms with Crippen LogP contribution in [-0.2, 0) is 19.7 Å². The van der Waals surface area contributed by atoms with Gasteiger partial charge >= 0.3 is 29.6 Å². The van der Waals surface area contributed by atoms with E-state index in [4.69, 9.17) is 9.47 Å². The number of fused-ring (bicyclic) bond motifs is 1. The molecule has 15 nitrogen and oxygen atoms in total. The fourth-order valence-electron chi connectivity index (χ4n) is 5.09. The number of nitrogens with one attached hydrogen (secondary N) is 2. The second-order valence-electron chi connectivity index (χ2n) is 11.0. The molecule has 4 N–H and O–H groups in total. The van der Waals surface area contributed by atoms with Crippen LogP contribution in [0, 0.1) is 0 Å². The molecule has 0 saturated carbocycles. The predicted molar refractivity (Wildman–Crippen MR) is 192 cm³/mol. The Morgan fingerprint density at radius 3 is 2.02 bits per heavy atom. The van der Waals surface area contributed by atoms with Crippen LogP contribution in [0.2, 0.25) is 0 Å². The van der Waals surface area contributed by atoms with Gasteiger partial charge in [-0.2, -0.15) is 18.6 Å². The van der Waals surface area contributed by atoms with Crippen molar-refractivity contribution in [3.05, 3.63) is 115 Å². The minimum atomic E-state index is -4.57. The first kappa shape index (κ1) is 38.3. The van der Waals surface area contributed by atoms with Gasteiger partial charge in [-0.15, -0.1) is 16.0 Å². The molecule has 0 saturated heterocycles. The molecule has 0 bridgehead atoms. The second-order valence-corrected chi connectivity index (χ2v) is 12.5. The number of ketones is 2. The Morgan fingerprint density at radius 2 is 1.32 bits per heavy atom. The number of nitrogens with zero attached hydrogens (tertiary/aromatic N) is 4. The minimum Gasteiger partial charge on any atom is -0.872 e. The quantitative estimate of drug-likeness (QED) is 0.0462. The first-order valence-electron chi connectivity index (χ1n) is 15.2. The number of ether oxygens (including phenoxy) is 2. The smallest absolute Gasteiger partial charge is 0.872 e. The van der Waals surface area contributed by atoms with Crippen molar-refractivity contribution in [2.75, 3.05) is 25.1 Å². The summed E-state index contributed by atoms with van der Waals surface area (Å²) in [5.74, 6) is -0.815. The van der Waals surface area contributed by atoms with Crippen molar-refractivity contribution in [2.24, 2.45) is 20.4 Å². The zero-order valence-corrected chi connectivity index (χ0v) is 31.1. The van der Waals surface area contributed by atoms with Gasteiger partial charge in [0.25, 0.3) is 10.1 Å². The Hall–Kier alpha value is -5.91. The van der Waals surface area contributed by atoms with Crippen LogP contribution in [0.3, 0.4) is 0 Å². The second kappa shape index (κ2) is 16.2. The van der Waals surface area contributed by atoms with E-state index in [1.807, 2.05) is 6.07 Å². The molecule has 0 unspecified atom stereocenters. The number of carbonyl (C=O) groups is 2. The number of aliphatic hydroxyl groups is 1. The summed E-state index contributed by atoms with van der Waals surface area (Å²) >= 11 is 0. The van der Waals surface area contributed by atoms with Crippen molar-refractivity contribution >= 4 is 66.6 Å². The van der Waals surface area contributed by atoms with Crippen molar-refractivity contribution in [2.45, 2.75) is 4.90 Å². The van der Waals surface area contributed by atoms with Gasteiger partial charge in [0.15, 0.2) is 5.78 Å². The molecule has 2 aliphatic carbocycles. The third kappa shape index (κ3) is 8.77. The van der Waals surface area contributed by atoms with E-state index >= 15 is 0 Å². The summed E-state index contributed by atoms with van der Waals surface area (Å²) in [7, 11) is -1.59. The van der Waals surface area contributed by atoms with Crippen molar-refractivity contribution in [3.63, 3.8) is 0 Å². The predicted octanol–water partition coefficient (Wildman–Crippen LogP) is 2.69. The fraction of sp³-hybridized carbons (Fsp3) is 0.0556. The van der Waals surface area contributed by atoms with Crippen molar-refractivity contribution in [1.29, 1.82) is 0 Å². The Labute approximate surface area is 324 Å². The molecule has 4 aromatic rings. The Balaban J connectivity index is 0.00000541. The average molecular weight is 743 g/mol. The monoisotopic (exact) mass is 742 g/mol. The summed E-state index contributed by atoms with van der Waals surface area (Å²) in [5, 5.41) is 39.2. The molecule has 6 rings (SSSR count). The molecule has 17 heteroatoms. The molecule has 0 heterocycles. The van der Waals surface area contributed by atoms with Crippen LogP contribution in [0.5, 0.6) is 11.5 Å². The van der Waals surface area contributed by atoms with E-state index in [1.165, 1.54) is 56.7 Å². The molecule has 4 aromatic carbocycles. The molecule has 0 aromatic heterocycles. The third-order valence-corrected chi connectivity index (χ3v) is 8.56. The number of hydrazone groups is 2. The Bertz CT molecular complexity index is 2490. The molecule has 262 valence electrons. The molecule has 2 aliphatic rings. The van der Waals surface area contributed by atoms with Crippen molar-refractivity contribution < 1.29 is 71.8 Å². The van der Waals surface area contributed by atoms with Crippen LogP contribution in [0.4, 0.5) is 22.7 Å². The van der Waals surface area contributed by atoms with E-state index in [-0.39, 0.29) is 63.1 Å². The van der Waals surface area contributed by atoms with Crippen LogP contribution in [-0.4, -0.2) is 55.3 Å². The number of benzene rings is 4. The van der Waals surface area contributed by atoms with Gasteiger partial charge in [-0.05, 0) is 84.0 Å². The van der Waals surface area contributed by atoms with Gasteiger partial charge in [0.05, 0.1) is 36.2 Å². The zero-order chi connectivity index (χ0) is 37.0. The number of azo groups is 1. The molecular weight excluding hydrogens is 715 g/mol. The number of carbonyl (C=O) groups excluding carboxylic acids is 2. The van der Waals surface area contributed by atoms with Gasteiger partial charge in [0, 0.05) is 16.8 Å². The van der Waals surface area contributed by atoms with Gasteiger partial charge in [0.2, 0.25) is 5.78 Å². The normalized spacial score (nSPS) is 15.8. The first-order valence-corrected chi connectivity index (χ1v) is 16.6. The van der Waals surface area contributed by atoms with Gasteiger partial charge in [-0.3, -0.25) is 25.0 Å². The number of methoxy groups -OCH3 is 2. The SMILES string of the molecule is COc1cc(-c2ccc(NN=C3C=CC(=O)C=C3O)c(OC)c2)ccc1N=Nc1ccc(NN=C2C=CC([O-])=CC2=O)c2cc(S(=O)(=O)O)ccc12.[Na+]. The van der Waals surface area contributed by atoms with E-state index in [0.29, 0.717) is 39.3 Å². The number of hydrogen-bond donors (Lipinski definition) is 4. The molecule has 0 aliphatic heterocycles. The molecule has 0 atom stereocenters. The number of anilines is 2. The topological polar surface area (TPSA) is 224 Å². The third-order valence-electron chi connectivity index (χ3n) is 7.71. The van der Waals surface area contributed by atoms with E-state index < -0.39 is 21.7 Å². The van der Waals surface area contributed by atoms with Gasteiger partial charge in [-0.1, -0.05) is 24.3 Å². The molecule has 0 fully saturated rings. The van der Waals surface area contributed by atoms with Crippen LogP contribution < -0.4 is 55.0 Å². The van der Waals surface area contributed by atoms with Crippen LogP contribution in [0.15, 0.2) is 140 Å². The van der Waals surface area contributed by atoms with E-state index in [9.17, 15) is 32.8 Å². The van der Waals surface area contributed by atoms with Gasteiger partial charge in [0.1, 0.15) is 34.4 Å². The summed E-state index contributed by atoms with van der Waals surface area (Å²) < 4.78 is 44.8. The first-order chi connectivity index (χ1) is 24.9. The van der Waals surface area contributed by atoms with Gasteiger partial charge in [-0.25, -0.2) is 0 Å². The number of allylic oxidation sites excluding steroid dienone is 6. The van der Waals surface area contributed by atoms with E-state index in [2.05, 4.69) is 31.3 Å². The summed E-state index contributed by atoms with van der Waals surface area (Å²) in [5.41, 5.74) is 8.75. The summed E-state index contributed by atoms with van der Waals surface area (Å²) in [6.45, 7) is 0. The number of aliphatic hydroxyl groups excluding tert-OH is 1. The number of hydrogen-bond acceptors (Lipinski definition) is 14. The fourth-order valence-corrected chi connectivity index (χ4v) is 5.60. The van der Waals surface area contributed by atoms with Crippen LogP contribution in [0.25, 0.3) is 21.9 Å². The molecule has 0 amide bonds. The average Bonchev–Trinajstić information content (AvgIpc) is 3.12. The Morgan fingerprint density at radius 1 is 0.698 bits per heavy atom. The largest absolute Gasteiger partial charge is 1.00 e. The number of rotatable bonds is 10. The Kier molecular flexibility index (Phi) is 11.7. The van der Waals surface area contributed by atoms with Crippen LogP contribution >= 0.6 is 0 Å². The minimum absolute atomic E-state index is 0. The van der Waals surface area contributed by atoms with Crippen molar-refractivity contribution in [3.8, 4) is 22.6 Å². The maximum atomic E-state index is 12.2. The molecule has 0 spiro atoms. The molecular formula is C36H27N6NaO9S. The summed E-state index contributed by atoms with van der Waals surface area (Å²) in [4.78, 5) is 23.2. The van der Waals surface area contributed by atoms with Gasteiger partial charge < -0.3 is 19.7 Å². The maximum Gasteiger partial charge on any atom is 1.00 e. The van der Waals surface area contributed by atoms with Crippen LogP contribution in [0.1, 0.15) is 0 Å². The molecule has 53 heavy (non-hydrogen) atoms.